The van der Waals surface area contributed by atoms with Gasteiger partial charge in [-0.1, -0.05) is 0 Å². The molecular formula is C12H9F6O5P. The molecule has 0 radical (unpaired) electrons. The first-order chi connectivity index (χ1) is 11.0. The third-order valence-corrected chi connectivity index (χ3v) is 5.57. The van der Waals surface area contributed by atoms with E-state index >= 15 is 0 Å². The molecule has 0 aromatic heterocycles. The molecule has 1 aromatic carbocycles. The van der Waals surface area contributed by atoms with Crippen LogP contribution < -0.4 is 4.52 Å². The quantitative estimate of drug-likeness (QED) is 0.555. The standard InChI is InChI=1S/C12H9F6O5P/c13-11(14,15)9-10(12(16,17)18)23-24(22-9,19-6-7-20-24)21-8-4-2-1-3-5-8/h1-5H,6-7H2. The molecule has 24 heavy (non-hydrogen) atoms. The number of rotatable bonds is 2. The van der Waals surface area contributed by atoms with Gasteiger partial charge in [0.2, 0.25) is 0 Å². The zero-order valence-corrected chi connectivity index (χ0v) is 12.5. The summed E-state index contributed by atoms with van der Waals surface area (Å²) in [6.07, 6.45) is -11.0. The third-order valence-electron chi connectivity index (χ3n) is 2.89. The van der Waals surface area contributed by atoms with Crippen LogP contribution in [-0.4, -0.2) is 25.6 Å². The van der Waals surface area contributed by atoms with Crippen LogP contribution in [0.1, 0.15) is 0 Å². The first kappa shape index (κ1) is 17.1. The van der Waals surface area contributed by atoms with E-state index in [1.807, 2.05) is 0 Å². The second-order valence-corrected chi connectivity index (χ2v) is 7.21. The van der Waals surface area contributed by atoms with Crippen LogP contribution in [0.3, 0.4) is 0 Å². The Kier molecular flexibility index (Phi) is 3.67. The third kappa shape index (κ3) is 2.87. The van der Waals surface area contributed by atoms with E-state index in [-0.39, 0.29) is 19.0 Å². The number of allylic oxidation sites excluding steroid dienone is 2. The van der Waals surface area contributed by atoms with Crippen molar-refractivity contribution in [3.05, 3.63) is 41.9 Å². The van der Waals surface area contributed by atoms with Crippen molar-refractivity contribution >= 4 is 7.74 Å². The molecule has 1 aromatic rings. The molecule has 0 aliphatic carbocycles. The summed E-state index contributed by atoms with van der Waals surface area (Å²) in [5.41, 5.74) is 0. The van der Waals surface area contributed by atoms with Crippen molar-refractivity contribution in [2.45, 2.75) is 12.4 Å². The number of alkyl halides is 6. The van der Waals surface area contributed by atoms with Gasteiger partial charge < -0.3 is 0 Å². The fourth-order valence-electron chi connectivity index (χ4n) is 2.02. The fraction of sp³-hybridized carbons (Fsp3) is 0.333. The molecule has 0 bridgehead atoms. The Morgan fingerprint density at radius 1 is 0.792 bits per heavy atom. The molecule has 0 amide bonds. The van der Waals surface area contributed by atoms with Crippen molar-refractivity contribution in [2.75, 3.05) is 13.2 Å². The second kappa shape index (κ2) is 5.14. The van der Waals surface area contributed by atoms with Crippen LogP contribution in [0.4, 0.5) is 26.3 Å². The van der Waals surface area contributed by atoms with Crippen molar-refractivity contribution in [2.24, 2.45) is 0 Å². The van der Waals surface area contributed by atoms with E-state index in [1.54, 1.807) is 6.07 Å². The number of para-hydroxylation sites is 1. The van der Waals surface area contributed by atoms with E-state index in [9.17, 15) is 26.3 Å². The van der Waals surface area contributed by atoms with E-state index in [1.165, 1.54) is 24.3 Å². The van der Waals surface area contributed by atoms with Crippen molar-refractivity contribution in [1.82, 2.24) is 0 Å². The summed E-state index contributed by atoms with van der Waals surface area (Å²) in [6.45, 7) is -0.720. The van der Waals surface area contributed by atoms with Crippen LogP contribution in [-0.2, 0) is 18.1 Å². The summed E-state index contributed by atoms with van der Waals surface area (Å²) in [6, 6.07) is 7.00. The molecule has 12 heteroatoms. The minimum absolute atomic E-state index is 0.137. The summed E-state index contributed by atoms with van der Waals surface area (Å²) in [7, 11) is -5.61. The van der Waals surface area contributed by atoms with Crippen LogP contribution in [0.15, 0.2) is 41.9 Å². The maximum absolute atomic E-state index is 13.0. The topological polar surface area (TPSA) is 46.2 Å². The second-order valence-electron chi connectivity index (χ2n) is 4.65. The van der Waals surface area contributed by atoms with E-state index in [4.69, 9.17) is 13.6 Å². The van der Waals surface area contributed by atoms with Crippen molar-refractivity contribution in [1.29, 1.82) is 0 Å². The first-order valence-corrected chi connectivity index (χ1v) is 8.22. The predicted molar refractivity (Wildman–Crippen MR) is 67.2 cm³/mol. The molecule has 1 spiro atoms. The molecule has 0 saturated carbocycles. The Hall–Kier alpha value is -1.71. The van der Waals surface area contributed by atoms with Gasteiger partial charge in [0.25, 0.3) is 0 Å². The van der Waals surface area contributed by atoms with Crippen LogP contribution in [0.2, 0.25) is 0 Å². The first-order valence-electron chi connectivity index (χ1n) is 6.40. The Morgan fingerprint density at radius 3 is 1.67 bits per heavy atom. The molecule has 1 saturated heterocycles. The van der Waals surface area contributed by atoms with E-state index in [0.29, 0.717) is 0 Å². The SMILES string of the molecule is FC(F)(F)C1=C(C(F)(F)F)OP2(Oc3ccccc3)(OCCO2)O1. The van der Waals surface area contributed by atoms with Gasteiger partial charge >= 0.3 is 130 Å². The molecule has 0 unspecified atom stereocenters. The van der Waals surface area contributed by atoms with Gasteiger partial charge in [0.15, 0.2) is 0 Å². The van der Waals surface area contributed by atoms with Gasteiger partial charge in [-0.05, 0) is 0 Å². The fourth-order valence-corrected chi connectivity index (χ4v) is 4.70. The van der Waals surface area contributed by atoms with Gasteiger partial charge in [-0.25, -0.2) is 0 Å². The zero-order chi connectivity index (χ0) is 17.7. The Bertz CT molecular complexity index is 635. The summed E-state index contributed by atoms with van der Waals surface area (Å²) in [5.74, 6) is -4.93. The van der Waals surface area contributed by atoms with Crippen molar-refractivity contribution < 1.29 is 49.0 Å². The summed E-state index contributed by atoms with van der Waals surface area (Å²) in [5, 5.41) is 0. The van der Waals surface area contributed by atoms with Gasteiger partial charge in [0.1, 0.15) is 0 Å². The molecule has 5 nitrogen and oxygen atoms in total. The average molecular weight is 378 g/mol. The maximum atomic E-state index is 13.0. The molecule has 0 atom stereocenters. The van der Waals surface area contributed by atoms with Gasteiger partial charge in [-0.2, -0.15) is 0 Å². The monoisotopic (exact) mass is 378 g/mol. The van der Waals surface area contributed by atoms with Gasteiger partial charge in [-0.15, -0.1) is 0 Å². The molecule has 2 heterocycles. The summed E-state index contributed by atoms with van der Waals surface area (Å²) < 4.78 is 102. The van der Waals surface area contributed by atoms with Crippen LogP contribution >= 0.6 is 7.74 Å². The van der Waals surface area contributed by atoms with E-state index < -0.39 is 31.6 Å². The van der Waals surface area contributed by atoms with E-state index in [2.05, 4.69) is 9.05 Å². The molecular weight excluding hydrogens is 369 g/mol. The summed E-state index contributed by atoms with van der Waals surface area (Å²) >= 11 is 0. The van der Waals surface area contributed by atoms with Gasteiger partial charge in [-0.3, -0.25) is 0 Å². The predicted octanol–water partition coefficient (Wildman–Crippen LogP) is 4.62. The van der Waals surface area contributed by atoms with Gasteiger partial charge in [0, 0.05) is 0 Å². The normalized spacial score (nSPS) is 24.2. The summed E-state index contributed by atoms with van der Waals surface area (Å²) in [4.78, 5) is 0. The molecule has 2 aliphatic rings. The van der Waals surface area contributed by atoms with Crippen molar-refractivity contribution in [3.8, 4) is 5.75 Å². The van der Waals surface area contributed by atoms with Gasteiger partial charge in [0.05, 0.1) is 0 Å². The molecule has 1 fully saturated rings. The average Bonchev–Trinajstić information content (AvgIpc) is 3.03. The van der Waals surface area contributed by atoms with Crippen LogP contribution in [0.5, 0.6) is 5.75 Å². The Labute approximate surface area is 131 Å². The minimum atomic E-state index is -5.61. The molecule has 3 rings (SSSR count). The zero-order valence-electron chi connectivity index (χ0n) is 11.6. The number of benzene rings is 1. The Morgan fingerprint density at radius 2 is 1.25 bits per heavy atom. The van der Waals surface area contributed by atoms with Crippen molar-refractivity contribution in [3.63, 3.8) is 0 Å². The molecule has 0 N–H and O–H groups in total. The number of hydrogen-bond donors (Lipinski definition) is 0. The van der Waals surface area contributed by atoms with Crippen LogP contribution in [0.25, 0.3) is 0 Å². The van der Waals surface area contributed by atoms with Crippen LogP contribution in [0, 0.1) is 0 Å². The number of halogens is 6. The van der Waals surface area contributed by atoms with E-state index in [0.717, 1.165) is 0 Å². The molecule has 134 valence electrons. The number of hydrogen-bond acceptors (Lipinski definition) is 5. The molecule has 2 aliphatic heterocycles. The Balaban J connectivity index is 2.05.